The van der Waals surface area contributed by atoms with E-state index in [-0.39, 0.29) is 0 Å². The standard InChI is InChI=1S/C10H13NO2/c1-3-5-11-6-8-9(7-11)13-10(4-2)12-8/h4,6-7H,3,5H2,1-2H3. The summed E-state index contributed by atoms with van der Waals surface area (Å²) in [5, 5.41) is 0. The van der Waals surface area contributed by atoms with Crippen molar-refractivity contribution in [3.8, 4) is 11.5 Å². The summed E-state index contributed by atoms with van der Waals surface area (Å²) < 4.78 is 12.9. The number of aromatic nitrogens is 1. The van der Waals surface area contributed by atoms with Gasteiger partial charge in [0, 0.05) is 6.54 Å². The molecule has 0 fully saturated rings. The molecule has 1 aromatic rings. The third-order valence-electron chi connectivity index (χ3n) is 1.95. The van der Waals surface area contributed by atoms with Crippen molar-refractivity contribution in [1.82, 2.24) is 4.57 Å². The van der Waals surface area contributed by atoms with E-state index in [9.17, 15) is 0 Å². The maximum absolute atomic E-state index is 5.40. The fourth-order valence-corrected chi connectivity index (χ4v) is 1.36. The predicted octanol–water partition coefficient (Wildman–Crippen LogP) is 2.53. The molecule has 0 aliphatic carbocycles. The molecule has 0 N–H and O–H groups in total. The van der Waals surface area contributed by atoms with Crippen LogP contribution in [0.1, 0.15) is 20.3 Å². The monoisotopic (exact) mass is 179 g/mol. The summed E-state index contributed by atoms with van der Waals surface area (Å²) >= 11 is 0. The van der Waals surface area contributed by atoms with Crippen LogP contribution < -0.4 is 9.47 Å². The van der Waals surface area contributed by atoms with Crippen LogP contribution in [0.15, 0.2) is 24.4 Å². The molecule has 0 atom stereocenters. The first kappa shape index (κ1) is 8.23. The maximum atomic E-state index is 5.40. The van der Waals surface area contributed by atoms with E-state index in [0.717, 1.165) is 24.5 Å². The fraction of sp³-hybridized carbons (Fsp3) is 0.400. The van der Waals surface area contributed by atoms with E-state index in [1.165, 1.54) is 0 Å². The van der Waals surface area contributed by atoms with Crippen molar-refractivity contribution in [2.75, 3.05) is 0 Å². The largest absolute Gasteiger partial charge is 0.421 e. The van der Waals surface area contributed by atoms with Crippen LogP contribution in [-0.2, 0) is 6.54 Å². The average molecular weight is 179 g/mol. The molecule has 0 radical (unpaired) electrons. The third-order valence-corrected chi connectivity index (χ3v) is 1.95. The van der Waals surface area contributed by atoms with Crippen LogP contribution >= 0.6 is 0 Å². The highest BCUT2D eigenvalue weighted by atomic mass is 16.7. The van der Waals surface area contributed by atoms with Crippen LogP contribution in [0.5, 0.6) is 11.5 Å². The molecule has 0 spiro atoms. The molecule has 0 unspecified atom stereocenters. The van der Waals surface area contributed by atoms with Crippen molar-refractivity contribution in [3.63, 3.8) is 0 Å². The van der Waals surface area contributed by atoms with Gasteiger partial charge >= 0.3 is 0 Å². The number of rotatable bonds is 2. The van der Waals surface area contributed by atoms with Gasteiger partial charge in [-0.05, 0) is 19.4 Å². The van der Waals surface area contributed by atoms with Crippen LogP contribution in [-0.4, -0.2) is 4.57 Å². The third kappa shape index (κ3) is 1.41. The molecular weight excluding hydrogens is 166 g/mol. The minimum absolute atomic E-state index is 0.577. The van der Waals surface area contributed by atoms with E-state index >= 15 is 0 Å². The number of nitrogens with zero attached hydrogens (tertiary/aromatic N) is 1. The molecule has 0 saturated heterocycles. The van der Waals surface area contributed by atoms with Crippen molar-refractivity contribution in [1.29, 1.82) is 0 Å². The van der Waals surface area contributed by atoms with E-state index in [4.69, 9.17) is 9.47 Å². The van der Waals surface area contributed by atoms with Crippen LogP contribution in [0.25, 0.3) is 0 Å². The SMILES string of the molecule is CC=C1Oc2cn(CCC)cc2O1. The molecule has 1 aromatic heterocycles. The maximum Gasteiger partial charge on any atom is 0.286 e. The molecule has 13 heavy (non-hydrogen) atoms. The molecular formula is C10H13NO2. The summed E-state index contributed by atoms with van der Waals surface area (Å²) in [6.07, 6.45) is 6.86. The molecule has 0 bridgehead atoms. The van der Waals surface area contributed by atoms with E-state index in [2.05, 4.69) is 11.5 Å². The van der Waals surface area contributed by atoms with Gasteiger partial charge in [0.05, 0.1) is 12.4 Å². The minimum Gasteiger partial charge on any atom is -0.421 e. The molecule has 0 aromatic carbocycles. The van der Waals surface area contributed by atoms with Gasteiger partial charge in [-0.2, -0.15) is 0 Å². The first-order valence-corrected chi connectivity index (χ1v) is 4.55. The van der Waals surface area contributed by atoms with E-state index in [1.54, 1.807) is 0 Å². The van der Waals surface area contributed by atoms with Crippen LogP contribution in [0.2, 0.25) is 0 Å². The number of hydrogen-bond donors (Lipinski definition) is 0. The second-order valence-corrected chi connectivity index (χ2v) is 3.04. The fourth-order valence-electron chi connectivity index (χ4n) is 1.36. The quantitative estimate of drug-likeness (QED) is 0.696. The highest BCUT2D eigenvalue weighted by Gasteiger charge is 2.20. The highest BCUT2D eigenvalue weighted by molar-refractivity contribution is 5.43. The van der Waals surface area contributed by atoms with Gasteiger partial charge in [0.25, 0.3) is 5.95 Å². The summed E-state index contributed by atoms with van der Waals surface area (Å²) in [7, 11) is 0. The minimum atomic E-state index is 0.577. The summed E-state index contributed by atoms with van der Waals surface area (Å²) in [5.74, 6) is 2.22. The lowest BCUT2D eigenvalue weighted by Crippen LogP contribution is -1.97. The Balaban J connectivity index is 2.19. The Morgan fingerprint density at radius 3 is 2.38 bits per heavy atom. The lowest BCUT2D eigenvalue weighted by atomic mass is 10.5. The van der Waals surface area contributed by atoms with Crippen LogP contribution in [0, 0.1) is 0 Å². The van der Waals surface area contributed by atoms with Gasteiger partial charge in [0.15, 0.2) is 11.5 Å². The lowest BCUT2D eigenvalue weighted by Gasteiger charge is -2.00. The smallest absolute Gasteiger partial charge is 0.286 e. The van der Waals surface area contributed by atoms with E-state index in [1.807, 2.05) is 25.4 Å². The van der Waals surface area contributed by atoms with Crippen molar-refractivity contribution < 1.29 is 9.47 Å². The Morgan fingerprint density at radius 1 is 1.31 bits per heavy atom. The first-order chi connectivity index (χ1) is 6.33. The number of hydrogen-bond acceptors (Lipinski definition) is 2. The molecule has 1 aliphatic rings. The van der Waals surface area contributed by atoms with Gasteiger partial charge in [-0.1, -0.05) is 6.92 Å². The Labute approximate surface area is 77.6 Å². The Bertz CT molecular complexity index is 313. The second-order valence-electron chi connectivity index (χ2n) is 3.04. The molecule has 0 saturated carbocycles. The van der Waals surface area contributed by atoms with Gasteiger partial charge < -0.3 is 14.0 Å². The lowest BCUT2D eigenvalue weighted by molar-refractivity contribution is 0.282. The van der Waals surface area contributed by atoms with Crippen LogP contribution in [0.4, 0.5) is 0 Å². The Kier molecular flexibility index (Phi) is 2.00. The van der Waals surface area contributed by atoms with Crippen LogP contribution in [0.3, 0.4) is 0 Å². The number of aryl methyl sites for hydroxylation is 1. The van der Waals surface area contributed by atoms with Gasteiger partial charge in [-0.15, -0.1) is 0 Å². The summed E-state index contributed by atoms with van der Waals surface area (Å²) in [4.78, 5) is 0. The summed E-state index contributed by atoms with van der Waals surface area (Å²) in [6, 6.07) is 0. The normalized spacial score (nSPS) is 13.5. The Hall–Kier alpha value is -1.38. The van der Waals surface area contributed by atoms with Gasteiger partial charge in [0.1, 0.15) is 0 Å². The molecule has 70 valence electrons. The van der Waals surface area contributed by atoms with E-state index in [0.29, 0.717) is 5.95 Å². The zero-order chi connectivity index (χ0) is 9.26. The van der Waals surface area contributed by atoms with Gasteiger partial charge in [0.2, 0.25) is 0 Å². The number of fused-ring (bicyclic) bond motifs is 1. The Morgan fingerprint density at radius 2 is 1.92 bits per heavy atom. The molecule has 3 heteroatoms. The molecule has 0 amide bonds. The zero-order valence-corrected chi connectivity index (χ0v) is 7.91. The number of allylic oxidation sites excluding steroid dienone is 1. The van der Waals surface area contributed by atoms with Gasteiger partial charge in [-0.3, -0.25) is 0 Å². The van der Waals surface area contributed by atoms with Gasteiger partial charge in [-0.25, -0.2) is 0 Å². The van der Waals surface area contributed by atoms with Crippen molar-refractivity contribution >= 4 is 0 Å². The van der Waals surface area contributed by atoms with Crippen molar-refractivity contribution in [2.24, 2.45) is 0 Å². The first-order valence-electron chi connectivity index (χ1n) is 4.55. The predicted molar refractivity (Wildman–Crippen MR) is 49.7 cm³/mol. The molecule has 3 nitrogen and oxygen atoms in total. The molecule has 1 aliphatic heterocycles. The summed E-state index contributed by atoms with van der Waals surface area (Å²) in [5.41, 5.74) is 0. The second kappa shape index (κ2) is 3.17. The van der Waals surface area contributed by atoms with Crippen molar-refractivity contribution in [3.05, 3.63) is 24.4 Å². The molecule has 2 rings (SSSR count). The number of ether oxygens (including phenoxy) is 2. The summed E-state index contributed by atoms with van der Waals surface area (Å²) in [6.45, 7) is 5.04. The highest BCUT2D eigenvalue weighted by Crippen LogP contribution is 2.36. The zero-order valence-electron chi connectivity index (χ0n) is 7.91. The average Bonchev–Trinajstić information content (AvgIpc) is 2.61. The van der Waals surface area contributed by atoms with Crippen molar-refractivity contribution in [2.45, 2.75) is 26.8 Å². The van der Waals surface area contributed by atoms with E-state index < -0.39 is 0 Å². The molecule has 2 heterocycles. The topological polar surface area (TPSA) is 23.4 Å².